The summed E-state index contributed by atoms with van der Waals surface area (Å²) in [4.78, 5) is 20.8. The molecule has 4 N–H and O–H groups in total. The van der Waals surface area contributed by atoms with Gasteiger partial charge in [0.05, 0.1) is 11.5 Å². The van der Waals surface area contributed by atoms with Crippen LogP contribution in [0.5, 0.6) is 5.75 Å². The second kappa shape index (κ2) is 10.5. The number of hydrogen-bond acceptors (Lipinski definition) is 6. The monoisotopic (exact) mass is 441 g/mol. The highest BCUT2D eigenvalue weighted by atomic mass is 32.2. The average Bonchev–Trinajstić information content (AvgIpc) is 3.10. The first-order valence-electron chi connectivity index (χ1n) is 8.50. The van der Waals surface area contributed by atoms with Crippen molar-refractivity contribution in [3.05, 3.63) is 46.2 Å². The molecule has 0 aliphatic rings. The number of rotatable bonds is 9. The van der Waals surface area contributed by atoms with Crippen LogP contribution in [0.15, 0.2) is 41.3 Å². The van der Waals surface area contributed by atoms with E-state index in [1.807, 2.05) is 42.7 Å². The third-order valence-electron chi connectivity index (χ3n) is 3.75. The normalized spacial score (nSPS) is 13.5. The zero-order chi connectivity index (χ0) is 20.6. The predicted octanol–water partition coefficient (Wildman–Crippen LogP) is 3.66. The number of thioether (sulfide) groups is 1. The minimum atomic E-state index is -4.50. The molecular weight excluding hydrogens is 417 g/mol. The Morgan fingerprint density at radius 1 is 1.25 bits per heavy atom. The van der Waals surface area contributed by atoms with Crippen molar-refractivity contribution in [2.24, 2.45) is 5.73 Å². The van der Waals surface area contributed by atoms with E-state index in [4.69, 9.17) is 20.3 Å². The molecule has 1 unspecified atom stereocenters. The molecule has 2 aromatic rings. The minimum Gasteiger partial charge on any atom is -0.481 e. The van der Waals surface area contributed by atoms with E-state index in [9.17, 15) is 4.57 Å². The van der Waals surface area contributed by atoms with E-state index < -0.39 is 13.4 Å². The number of nitrogens with two attached hydrogens (primary N) is 1. The Kier molecular flexibility index (Phi) is 8.59. The lowest BCUT2D eigenvalue weighted by molar-refractivity contribution is 0.154. The van der Waals surface area contributed by atoms with E-state index in [0.29, 0.717) is 19.4 Å². The van der Waals surface area contributed by atoms with Gasteiger partial charge in [0.15, 0.2) is 0 Å². The second-order valence-electron chi connectivity index (χ2n) is 6.45. The van der Waals surface area contributed by atoms with Gasteiger partial charge in [-0.3, -0.25) is 4.52 Å². The van der Waals surface area contributed by atoms with Crippen LogP contribution in [-0.4, -0.2) is 34.8 Å². The Balaban J connectivity index is 1.79. The molecule has 0 radical (unpaired) electrons. The summed E-state index contributed by atoms with van der Waals surface area (Å²) < 4.78 is 20.9. The highest BCUT2D eigenvalue weighted by Crippen LogP contribution is 2.37. The van der Waals surface area contributed by atoms with Crippen LogP contribution < -0.4 is 10.5 Å². The number of aryl methyl sites for hydroxylation is 1. The van der Waals surface area contributed by atoms with Crippen LogP contribution in [0.25, 0.3) is 0 Å². The fraction of sp³-hybridized carbons (Fsp3) is 0.368. The third kappa shape index (κ3) is 8.80. The largest absolute Gasteiger partial charge is 0.481 e. The van der Waals surface area contributed by atoms with Gasteiger partial charge in [-0.1, -0.05) is 11.8 Å². The van der Waals surface area contributed by atoms with Crippen LogP contribution in [0.2, 0.25) is 0 Å². The molecule has 1 aromatic heterocycles. The molecule has 1 heterocycles. The first kappa shape index (κ1) is 23.0. The molecule has 2 rings (SSSR count). The van der Waals surface area contributed by atoms with Crippen molar-refractivity contribution >= 4 is 30.9 Å². The van der Waals surface area contributed by atoms with Crippen molar-refractivity contribution in [2.45, 2.75) is 30.2 Å². The summed E-state index contributed by atoms with van der Waals surface area (Å²) >= 11 is 3.25. The van der Waals surface area contributed by atoms with Crippen LogP contribution in [0.1, 0.15) is 23.1 Å². The molecule has 28 heavy (non-hydrogen) atoms. The smallest absolute Gasteiger partial charge is 0.469 e. The van der Waals surface area contributed by atoms with Gasteiger partial charge in [0.2, 0.25) is 0 Å². The SMILES string of the molecule is CSc1ccc(OCC#Cc2ccc(CCC(C)(N)COP(=O)(O)O)s2)cc1. The standard InChI is InChI=1S/C19H24NO5PS2/c1-19(20,14-25-26(21,22)23)12-11-18-10-9-17(28-18)4-3-13-24-15-5-7-16(27-2)8-6-15/h5-10H,11-14,20H2,1-2H3,(H2,21,22,23). The summed E-state index contributed by atoms with van der Waals surface area (Å²) in [6, 6.07) is 11.8. The molecule has 0 amide bonds. The number of benzene rings is 1. The maximum absolute atomic E-state index is 10.8. The Morgan fingerprint density at radius 2 is 1.96 bits per heavy atom. The molecule has 0 saturated heterocycles. The van der Waals surface area contributed by atoms with Crippen LogP contribution >= 0.6 is 30.9 Å². The van der Waals surface area contributed by atoms with Crippen molar-refractivity contribution in [3.63, 3.8) is 0 Å². The number of hydrogen-bond donors (Lipinski definition) is 3. The molecule has 0 aliphatic heterocycles. The fourth-order valence-electron chi connectivity index (χ4n) is 2.21. The van der Waals surface area contributed by atoms with Gasteiger partial charge in [-0.05, 0) is 62.4 Å². The summed E-state index contributed by atoms with van der Waals surface area (Å²) in [7, 11) is -4.50. The summed E-state index contributed by atoms with van der Waals surface area (Å²) in [5, 5.41) is 0. The molecule has 1 aromatic carbocycles. The average molecular weight is 442 g/mol. The van der Waals surface area contributed by atoms with Crippen molar-refractivity contribution in [1.29, 1.82) is 0 Å². The summed E-state index contributed by atoms with van der Waals surface area (Å²) in [5.74, 6) is 6.87. The highest BCUT2D eigenvalue weighted by molar-refractivity contribution is 7.98. The van der Waals surface area contributed by atoms with Gasteiger partial charge in [0, 0.05) is 15.3 Å². The molecule has 152 valence electrons. The highest BCUT2D eigenvalue weighted by Gasteiger charge is 2.24. The molecule has 9 heteroatoms. The van der Waals surface area contributed by atoms with Gasteiger partial charge < -0.3 is 20.3 Å². The van der Waals surface area contributed by atoms with Gasteiger partial charge in [0.25, 0.3) is 0 Å². The zero-order valence-corrected chi connectivity index (χ0v) is 18.3. The second-order valence-corrected chi connectivity index (χ2v) is 9.74. The summed E-state index contributed by atoms with van der Waals surface area (Å²) in [5.41, 5.74) is 5.22. The predicted molar refractivity (Wildman–Crippen MR) is 114 cm³/mol. The zero-order valence-electron chi connectivity index (χ0n) is 15.8. The summed E-state index contributed by atoms with van der Waals surface area (Å²) in [6.45, 7) is 1.82. The van der Waals surface area contributed by atoms with E-state index in [1.54, 1.807) is 30.0 Å². The van der Waals surface area contributed by atoms with Crippen molar-refractivity contribution in [2.75, 3.05) is 19.5 Å². The van der Waals surface area contributed by atoms with E-state index in [-0.39, 0.29) is 6.61 Å². The van der Waals surface area contributed by atoms with Crippen molar-refractivity contribution in [1.82, 2.24) is 0 Å². The molecule has 1 atom stereocenters. The van der Waals surface area contributed by atoms with Gasteiger partial charge in [0.1, 0.15) is 12.4 Å². The van der Waals surface area contributed by atoms with Gasteiger partial charge in [-0.15, -0.1) is 23.1 Å². The van der Waals surface area contributed by atoms with Crippen LogP contribution in [0.4, 0.5) is 0 Å². The van der Waals surface area contributed by atoms with E-state index in [2.05, 4.69) is 16.4 Å². The number of ether oxygens (including phenoxy) is 1. The van der Waals surface area contributed by atoms with E-state index in [1.165, 1.54) is 4.90 Å². The maximum atomic E-state index is 10.8. The Labute approximate surface area is 173 Å². The molecule has 0 spiro atoms. The molecule has 0 bridgehead atoms. The van der Waals surface area contributed by atoms with Crippen LogP contribution in [0, 0.1) is 11.8 Å². The Bertz CT molecular complexity index is 864. The first-order valence-corrected chi connectivity index (χ1v) is 12.1. The van der Waals surface area contributed by atoms with Gasteiger partial charge in [-0.2, -0.15) is 0 Å². The van der Waals surface area contributed by atoms with Crippen molar-refractivity contribution < 1.29 is 23.6 Å². The van der Waals surface area contributed by atoms with Gasteiger partial charge >= 0.3 is 7.82 Å². The number of phosphoric ester groups is 1. The lowest BCUT2D eigenvalue weighted by Crippen LogP contribution is -2.41. The topological polar surface area (TPSA) is 102 Å². The fourth-order valence-corrected chi connectivity index (χ4v) is 3.96. The number of phosphoric acid groups is 1. The molecule has 0 fully saturated rings. The number of thiophene rings is 1. The van der Waals surface area contributed by atoms with E-state index >= 15 is 0 Å². The quantitative estimate of drug-likeness (QED) is 0.310. The third-order valence-corrected chi connectivity index (χ3v) is 6.02. The lowest BCUT2D eigenvalue weighted by atomic mass is 9.98. The van der Waals surface area contributed by atoms with Crippen LogP contribution in [0.3, 0.4) is 0 Å². The lowest BCUT2D eigenvalue weighted by Gasteiger charge is -2.24. The molecule has 0 saturated carbocycles. The Morgan fingerprint density at radius 3 is 2.61 bits per heavy atom. The summed E-state index contributed by atoms with van der Waals surface area (Å²) in [6.07, 6.45) is 3.25. The molecule has 0 aliphatic carbocycles. The van der Waals surface area contributed by atoms with Crippen molar-refractivity contribution in [3.8, 4) is 17.6 Å². The molecular formula is C19H24NO5PS2. The minimum absolute atomic E-state index is 0.204. The van der Waals surface area contributed by atoms with Crippen LogP contribution in [-0.2, 0) is 15.5 Å². The maximum Gasteiger partial charge on any atom is 0.469 e. The first-order chi connectivity index (χ1) is 13.2. The van der Waals surface area contributed by atoms with E-state index in [0.717, 1.165) is 15.5 Å². The molecule has 6 nitrogen and oxygen atoms in total. The Hall–Kier alpha value is -1.30. The van der Waals surface area contributed by atoms with Gasteiger partial charge in [-0.25, -0.2) is 4.57 Å².